The van der Waals surface area contributed by atoms with Crippen molar-refractivity contribution in [2.24, 2.45) is 5.73 Å². The third kappa shape index (κ3) is 1.32. The number of hydrogen-bond acceptors (Lipinski definition) is 3. The average molecular weight is 163 g/mol. The van der Waals surface area contributed by atoms with E-state index in [2.05, 4.69) is 9.97 Å². The third-order valence-electron chi connectivity index (χ3n) is 2.31. The number of aryl methyl sites for hydroxylation is 2. The molecule has 3 heteroatoms. The molecule has 12 heavy (non-hydrogen) atoms. The Kier molecular flexibility index (Phi) is 1.81. The van der Waals surface area contributed by atoms with Crippen LogP contribution in [0.25, 0.3) is 0 Å². The van der Waals surface area contributed by atoms with E-state index in [-0.39, 0.29) is 0 Å². The van der Waals surface area contributed by atoms with Crippen LogP contribution in [0.5, 0.6) is 0 Å². The van der Waals surface area contributed by atoms with Crippen LogP contribution in [0.2, 0.25) is 0 Å². The first-order valence-electron chi connectivity index (χ1n) is 4.32. The largest absolute Gasteiger partial charge is 0.327 e. The minimum absolute atomic E-state index is 0.309. The van der Waals surface area contributed by atoms with Crippen LogP contribution in [0, 0.1) is 6.92 Å². The highest BCUT2D eigenvalue weighted by molar-refractivity contribution is 5.21. The summed E-state index contributed by atoms with van der Waals surface area (Å²) in [4.78, 5) is 8.54. The fourth-order valence-corrected chi connectivity index (χ4v) is 1.64. The van der Waals surface area contributed by atoms with E-state index in [1.54, 1.807) is 0 Å². The van der Waals surface area contributed by atoms with Gasteiger partial charge in [0.2, 0.25) is 0 Å². The Bertz CT molecular complexity index is 296. The number of nitrogens with two attached hydrogens (primary N) is 1. The summed E-state index contributed by atoms with van der Waals surface area (Å²) >= 11 is 0. The zero-order chi connectivity index (χ0) is 8.55. The maximum atomic E-state index is 5.83. The predicted octanol–water partition coefficient (Wildman–Crippen LogP) is 0.601. The Labute approximate surface area is 72.0 Å². The molecule has 2 rings (SSSR count). The minimum atomic E-state index is 0.309. The summed E-state index contributed by atoms with van der Waals surface area (Å²) in [5, 5.41) is 0. The molecule has 1 aliphatic carbocycles. The molecule has 1 heterocycles. The molecule has 0 fully saturated rings. The van der Waals surface area contributed by atoms with Gasteiger partial charge in [-0.25, -0.2) is 9.97 Å². The summed E-state index contributed by atoms with van der Waals surface area (Å²) in [5.74, 6) is 0.865. The smallest absolute Gasteiger partial charge is 0.125 e. The maximum Gasteiger partial charge on any atom is 0.125 e. The topological polar surface area (TPSA) is 51.8 Å². The lowest BCUT2D eigenvalue weighted by Gasteiger charge is -2.19. The van der Waals surface area contributed by atoms with Crippen LogP contribution in [-0.4, -0.2) is 16.0 Å². The molecule has 2 N–H and O–H groups in total. The van der Waals surface area contributed by atoms with Crippen molar-refractivity contribution >= 4 is 0 Å². The Balaban J connectivity index is 2.37. The fraction of sp³-hybridized carbons (Fsp3) is 0.556. The Morgan fingerprint density at radius 1 is 1.58 bits per heavy atom. The molecule has 0 unspecified atom stereocenters. The molecular formula is C9H13N3. The Morgan fingerprint density at radius 2 is 2.42 bits per heavy atom. The van der Waals surface area contributed by atoms with Crippen LogP contribution in [0.3, 0.4) is 0 Å². The number of fused-ring (bicyclic) bond motifs is 1. The van der Waals surface area contributed by atoms with E-state index in [1.165, 1.54) is 11.3 Å². The van der Waals surface area contributed by atoms with E-state index in [9.17, 15) is 0 Å². The highest BCUT2D eigenvalue weighted by Gasteiger charge is 2.16. The van der Waals surface area contributed by atoms with E-state index in [0.29, 0.717) is 6.04 Å². The van der Waals surface area contributed by atoms with Gasteiger partial charge in [-0.1, -0.05) is 0 Å². The van der Waals surface area contributed by atoms with Crippen molar-refractivity contribution < 1.29 is 0 Å². The summed E-state index contributed by atoms with van der Waals surface area (Å²) in [5.41, 5.74) is 8.27. The standard InChI is InChI=1S/C9H13N3/c1-6-11-5-7-4-8(10)2-3-9(7)12-6/h5,8H,2-4,10H2,1H3/t8-/m0/s1. The first-order valence-corrected chi connectivity index (χ1v) is 4.32. The number of aromatic nitrogens is 2. The first-order chi connectivity index (χ1) is 5.75. The van der Waals surface area contributed by atoms with Crippen LogP contribution in [0.15, 0.2) is 6.20 Å². The van der Waals surface area contributed by atoms with Gasteiger partial charge >= 0.3 is 0 Å². The number of nitrogens with zero attached hydrogens (tertiary/aromatic N) is 2. The number of rotatable bonds is 0. The first kappa shape index (κ1) is 7.68. The van der Waals surface area contributed by atoms with Crippen molar-refractivity contribution in [3.05, 3.63) is 23.3 Å². The van der Waals surface area contributed by atoms with Gasteiger partial charge in [0.1, 0.15) is 5.82 Å². The van der Waals surface area contributed by atoms with Crippen molar-refractivity contribution in [3.63, 3.8) is 0 Å². The van der Waals surface area contributed by atoms with E-state index >= 15 is 0 Å². The van der Waals surface area contributed by atoms with Crippen LogP contribution in [0.1, 0.15) is 23.5 Å². The van der Waals surface area contributed by atoms with E-state index in [1.807, 2.05) is 13.1 Å². The monoisotopic (exact) mass is 163 g/mol. The predicted molar refractivity (Wildman–Crippen MR) is 46.8 cm³/mol. The van der Waals surface area contributed by atoms with E-state index in [0.717, 1.165) is 25.1 Å². The summed E-state index contributed by atoms with van der Waals surface area (Å²) in [7, 11) is 0. The maximum absolute atomic E-state index is 5.83. The van der Waals surface area contributed by atoms with Crippen molar-refractivity contribution in [1.82, 2.24) is 9.97 Å². The second kappa shape index (κ2) is 2.83. The van der Waals surface area contributed by atoms with Crippen LogP contribution in [0.4, 0.5) is 0 Å². The quantitative estimate of drug-likeness (QED) is 0.609. The van der Waals surface area contributed by atoms with Crippen molar-refractivity contribution in [2.45, 2.75) is 32.2 Å². The molecule has 0 spiro atoms. The minimum Gasteiger partial charge on any atom is -0.327 e. The zero-order valence-corrected chi connectivity index (χ0v) is 7.25. The van der Waals surface area contributed by atoms with E-state index in [4.69, 9.17) is 5.73 Å². The molecule has 1 atom stereocenters. The summed E-state index contributed by atoms with van der Waals surface area (Å²) in [6.07, 6.45) is 4.93. The van der Waals surface area contributed by atoms with Crippen molar-refractivity contribution in [2.75, 3.05) is 0 Å². The molecular weight excluding hydrogens is 150 g/mol. The van der Waals surface area contributed by atoms with Gasteiger partial charge in [-0.05, 0) is 31.7 Å². The summed E-state index contributed by atoms with van der Waals surface area (Å²) < 4.78 is 0. The second-order valence-electron chi connectivity index (χ2n) is 3.39. The lowest BCUT2D eigenvalue weighted by molar-refractivity contribution is 0.562. The van der Waals surface area contributed by atoms with Gasteiger partial charge in [-0.3, -0.25) is 0 Å². The molecule has 64 valence electrons. The average Bonchev–Trinajstić information content (AvgIpc) is 2.05. The highest BCUT2D eigenvalue weighted by atomic mass is 14.9. The molecule has 3 nitrogen and oxygen atoms in total. The van der Waals surface area contributed by atoms with Gasteiger partial charge in [-0.15, -0.1) is 0 Å². The molecule has 1 aromatic rings. The molecule has 0 bridgehead atoms. The summed E-state index contributed by atoms with van der Waals surface area (Å²) in [6, 6.07) is 0.309. The fourth-order valence-electron chi connectivity index (χ4n) is 1.64. The number of hydrogen-bond donors (Lipinski definition) is 1. The van der Waals surface area contributed by atoms with E-state index < -0.39 is 0 Å². The molecule has 0 aromatic carbocycles. The molecule has 0 saturated carbocycles. The SMILES string of the molecule is Cc1ncc2c(n1)CC[C@H](N)C2. The lowest BCUT2D eigenvalue weighted by Crippen LogP contribution is -2.28. The summed E-state index contributed by atoms with van der Waals surface area (Å²) in [6.45, 7) is 1.93. The third-order valence-corrected chi connectivity index (χ3v) is 2.31. The van der Waals surface area contributed by atoms with Crippen molar-refractivity contribution in [1.29, 1.82) is 0 Å². The van der Waals surface area contributed by atoms with Gasteiger partial charge in [-0.2, -0.15) is 0 Å². The van der Waals surface area contributed by atoms with Gasteiger partial charge in [0, 0.05) is 17.9 Å². The lowest BCUT2D eigenvalue weighted by atomic mass is 9.93. The van der Waals surface area contributed by atoms with Crippen LogP contribution >= 0.6 is 0 Å². The highest BCUT2D eigenvalue weighted by Crippen LogP contribution is 2.17. The van der Waals surface area contributed by atoms with Crippen molar-refractivity contribution in [3.8, 4) is 0 Å². The van der Waals surface area contributed by atoms with Crippen LogP contribution in [-0.2, 0) is 12.8 Å². The van der Waals surface area contributed by atoms with Crippen LogP contribution < -0.4 is 5.73 Å². The Hall–Kier alpha value is -0.960. The van der Waals surface area contributed by atoms with Gasteiger partial charge in [0.05, 0.1) is 0 Å². The molecule has 1 aromatic heterocycles. The Morgan fingerprint density at radius 3 is 3.25 bits per heavy atom. The molecule has 0 radical (unpaired) electrons. The normalized spacial score (nSPS) is 22.0. The second-order valence-corrected chi connectivity index (χ2v) is 3.39. The molecule has 1 aliphatic rings. The van der Waals surface area contributed by atoms with Gasteiger partial charge < -0.3 is 5.73 Å². The van der Waals surface area contributed by atoms with Gasteiger partial charge in [0.25, 0.3) is 0 Å². The zero-order valence-electron chi connectivity index (χ0n) is 7.25. The molecule has 0 saturated heterocycles. The molecule has 0 amide bonds. The van der Waals surface area contributed by atoms with Gasteiger partial charge in [0.15, 0.2) is 0 Å². The molecule has 0 aliphatic heterocycles.